The topological polar surface area (TPSA) is 32.3 Å². The van der Waals surface area contributed by atoms with E-state index in [9.17, 15) is 4.79 Å². The molecule has 1 heterocycles. The first-order chi connectivity index (χ1) is 9.33. The summed E-state index contributed by atoms with van der Waals surface area (Å²) in [5.41, 5.74) is 0. The summed E-state index contributed by atoms with van der Waals surface area (Å²) in [6.45, 7) is 2.54. The van der Waals surface area contributed by atoms with Crippen LogP contribution in [0, 0.1) is 11.8 Å². The van der Waals surface area contributed by atoms with E-state index in [0.717, 1.165) is 24.9 Å². The van der Waals surface area contributed by atoms with Gasteiger partial charge in [-0.2, -0.15) is 0 Å². The van der Waals surface area contributed by atoms with Gasteiger partial charge in [0, 0.05) is 19.1 Å². The Hall–Kier alpha value is -0.570. The summed E-state index contributed by atoms with van der Waals surface area (Å²) >= 11 is 0. The minimum absolute atomic E-state index is 0.322. The fourth-order valence-corrected chi connectivity index (χ4v) is 4.37. The van der Waals surface area contributed by atoms with Crippen LogP contribution in [0.1, 0.15) is 57.8 Å². The van der Waals surface area contributed by atoms with Crippen LogP contribution in [0.2, 0.25) is 0 Å². The predicted molar refractivity (Wildman–Crippen MR) is 76.9 cm³/mol. The predicted octanol–water partition coefficient (Wildman–Crippen LogP) is 2.56. The average Bonchev–Trinajstić information content (AvgIpc) is 2.99. The summed E-state index contributed by atoms with van der Waals surface area (Å²) in [7, 11) is 0. The molecule has 2 aliphatic carbocycles. The fraction of sp³-hybridized carbons (Fsp3) is 0.938. The fourth-order valence-electron chi connectivity index (χ4n) is 4.37. The van der Waals surface area contributed by atoms with Crippen molar-refractivity contribution in [3.05, 3.63) is 0 Å². The Bertz CT molecular complexity index is 312. The Morgan fingerprint density at radius 3 is 2.47 bits per heavy atom. The minimum atomic E-state index is 0.322. The van der Waals surface area contributed by atoms with E-state index in [0.29, 0.717) is 18.5 Å². The van der Waals surface area contributed by atoms with Gasteiger partial charge in [0.2, 0.25) is 5.91 Å². The van der Waals surface area contributed by atoms with Crippen LogP contribution >= 0.6 is 0 Å². The molecule has 3 aliphatic rings. The van der Waals surface area contributed by atoms with Crippen LogP contribution in [0.15, 0.2) is 0 Å². The summed E-state index contributed by atoms with van der Waals surface area (Å²) in [4.78, 5) is 14.1. The number of fused-ring (bicyclic) bond motifs is 1. The molecule has 1 aliphatic heterocycles. The molecule has 108 valence electrons. The van der Waals surface area contributed by atoms with E-state index in [4.69, 9.17) is 0 Å². The number of hydrogen-bond donors (Lipinski definition) is 1. The molecular formula is C16H28N2O. The van der Waals surface area contributed by atoms with Gasteiger partial charge in [-0.15, -0.1) is 0 Å². The second-order valence-electron chi connectivity index (χ2n) is 6.78. The second-order valence-corrected chi connectivity index (χ2v) is 6.78. The van der Waals surface area contributed by atoms with Crippen molar-refractivity contribution in [2.75, 3.05) is 19.6 Å². The molecule has 0 aromatic rings. The number of amides is 1. The van der Waals surface area contributed by atoms with Crippen LogP contribution < -0.4 is 5.32 Å². The lowest BCUT2D eigenvalue weighted by atomic mass is 9.69. The number of nitrogens with one attached hydrogen (secondary N) is 1. The molecule has 0 aromatic carbocycles. The van der Waals surface area contributed by atoms with E-state index in [1.54, 1.807) is 0 Å². The number of nitrogens with zero attached hydrogens (tertiary/aromatic N) is 1. The molecule has 0 bridgehead atoms. The van der Waals surface area contributed by atoms with Gasteiger partial charge in [-0.3, -0.25) is 4.79 Å². The van der Waals surface area contributed by atoms with Crippen LogP contribution in [0.25, 0.3) is 0 Å². The Morgan fingerprint density at radius 2 is 1.68 bits per heavy atom. The Labute approximate surface area is 117 Å². The van der Waals surface area contributed by atoms with Gasteiger partial charge >= 0.3 is 0 Å². The Kier molecular flexibility index (Phi) is 4.42. The number of rotatable bonds is 3. The molecule has 19 heavy (non-hydrogen) atoms. The number of carbonyl (C=O) groups is 1. The van der Waals surface area contributed by atoms with Gasteiger partial charge in [-0.05, 0) is 43.9 Å². The number of hydrogen-bond acceptors (Lipinski definition) is 2. The molecular weight excluding hydrogens is 236 g/mol. The molecule has 0 aromatic heterocycles. The largest absolute Gasteiger partial charge is 0.342 e. The summed E-state index contributed by atoms with van der Waals surface area (Å²) in [5.74, 6) is 2.27. The third-order valence-electron chi connectivity index (χ3n) is 5.54. The van der Waals surface area contributed by atoms with Crippen molar-refractivity contribution < 1.29 is 4.79 Å². The molecule has 0 spiro atoms. The van der Waals surface area contributed by atoms with Gasteiger partial charge in [0.15, 0.2) is 0 Å². The normalized spacial score (nSPS) is 35.2. The number of likely N-dealkylation sites (tertiary alicyclic amines) is 1. The van der Waals surface area contributed by atoms with E-state index < -0.39 is 0 Å². The van der Waals surface area contributed by atoms with Gasteiger partial charge in [-0.1, -0.05) is 25.7 Å². The lowest BCUT2D eigenvalue weighted by Crippen LogP contribution is -2.44. The third kappa shape index (κ3) is 3.31. The lowest BCUT2D eigenvalue weighted by molar-refractivity contribution is -0.129. The first-order valence-corrected chi connectivity index (χ1v) is 8.34. The summed E-state index contributed by atoms with van der Waals surface area (Å²) in [6.07, 6.45) is 12.2. The smallest absolute Gasteiger partial charge is 0.236 e. The van der Waals surface area contributed by atoms with Crippen LogP contribution in [0.4, 0.5) is 0 Å². The molecule has 3 heteroatoms. The first-order valence-electron chi connectivity index (χ1n) is 8.34. The zero-order valence-corrected chi connectivity index (χ0v) is 12.1. The molecule has 1 saturated heterocycles. The molecule has 3 atom stereocenters. The highest BCUT2D eigenvalue weighted by atomic mass is 16.2. The molecule has 3 fully saturated rings. The third-order valence-corrected chi connectivity index (χ3v) is 5.54. The summed E-state index contributed by atoms with van der Waals surface area (Å²) in [6, 6.07) is 0.603. The highest BCUT2D eigenvalue weighted by Gasteiger charge is 2.32. The van der Waals surface area contributed by atoms with Crippen molar-refractivity contribution >= 4 is 5.91 Å². The molecule has 1 N–H and O–H groups in total. The van der Waals surface area contributed by atoms with Crippen molar-refractivity contribution in [1.82, 2.24) is 10.2 Å². The highest BCUT2D eigenvalue weighted by Crippen LogP contribution is 2.40. The van der Waals surface area contributed by atoms with E-state index >= 15 is 0 Å². The van der Waals surface area contributed by atoms with E-state index in [1.807, 2.05) is 4.90 Å². The Balaban J connectivity index is 1.41. The van der Waals surface area contributed by atoms with Crippen LogP contribution in [-0.4, -0.2) is 36.5 Å². The summed E-state index contributed by atoms with van der Waals surface area (Å²) < 4.78 is 0. The van der Waals surface area contributed by atoms with Gasteiger partial charge in [0.1, 0.15) is 0 Å². The van der Waals surface area contributed by atoms with Gasteiger partial charge in [0.05, 0.1) is 6.54 Å². The second kappa shape index (κ2) is 6.25. The van der Waals surface area contributed by atoms with Gasteiger partial charge < -0.3 is 10.2 Å². The highest BCUT2D eigenvalue weighted by molar-refractivity contribution is 5.78. The maximum atomic E-state index is 12.0. The Morgan fingerprint density at radius 1 is 0.947 bits per heavy atom. The molecule has 0 radical (unpaired) electrons. The standard InChI is InChI=1S/C16H28N2O/c19-16(18-9-3-4-10-18)12-17-15-8-7-13-5-1-2-6-14(13)11-15/h13-15,17H,1-12H2. The zero-order valence-electron chi connectivity index (χ0n) is 12.1. The maximum Gasteiger partial charge on any atom is 0.236 e. The molecule has 3 rings (SSSR count). The monoisotopic (exact) mass is 264 g/mol. The van der Waals surface area contributed by atoms with Crippen molar-refractivity contribution in [1.29, 1.82) is 0 Å². The van der Waals surface area contributed by atoms with Gasteiger partial charge in [0.25, 0.3) is 0 Å². The molecule has 1 amide bonds. The zero-order chi connectivity index (χ0) is 13.1. The minimum Gasteiger partial charge on any atom is -0.342 e. The lowest BCUT2D eigenvalue weighted by Gasteiger charge is -2.39. The average molecular weight is 264 g/mol. The van der Waals surface area contributed by atoms with Crippen LogP contribution in [0.3, 0.4) is 0 Å². The van der Waals surface area contributed by atoms with Crippen molar-refractivity contribution in [2.24, 2.45) is 11.8 Å². The van der Waals surface area contributed by atoms with Gasteiger partial charge in [-0.25, -0.2) is 0 Å². The number of carbonyl (C=O) groups excluding carboxylic acids is 1. The van der Waals surface area contributed by atoms with Crippen molar-refractivity contribution in [2.45, 2.75) is 63.8 Å². The van der Waals surface area contributed by atoms with Crippen LogP contribution in [0.5, 0.6) is 0 Å². The summed E-state index contributed by atoms with van der Waals surface area (Å²) in [5, 5.41) is 3.54. The maximum absolute atomic E-state index is 12.0. The van der Waals surface area contributed by atoms with E-state index in [-0.39, 0.29) is 0 Å². The van der Waals surface area contributed by atoms with E-state index in [1.165, 1.54) is 57.8 Å². The SMILES string of the molecule is O=C(CNC1CCC2CCCCC2C1)N1CCCC1. The first kappa shape index (κ1) is 13.4. The van der Waals surface area contributed by atoms with Crippen molar-refractivity contribution in [3.63, 3.8) is 0 Å². The van der Waals surface area contributed by atoms with Crippen LogP contribution in [-0.2, 0) is 4.79 Å². The quantitative estimate of drug-likeness (QED) is 0.849. The van der Waals surface area contributed by atoms with Crippen molar-refractivity contribution in [3.8, 4) is 0 Å². The van der Waals surface area contributed by atoms with E-state index in [2.05, 4.69) is 5.32 Å². The molecule has 3 unspecified atom stereocenters. The molecule has 3 nitrogen and oxygen atoms in total. The molecule has 2 saturated carbocycles.